The Kier molecular flexibility index (Phi) is 3.93. The van der Waals surface area contributed by atoms with Crippen molar-refractivity contribution in [2.24, 2.45) is 11.8 Å². The molecule has 0 bridgehead atoms. The van der Waals surface area contributed by atoms with Crippen molar-refractivity contribution >= 4 is 0 Å². The summed E-state index contributed by atoms with van der Waals surface area (Å²) in [5.41, 5.74) is 2.54. The zero-order valence-electron chi connectivity index (χ0n) is 11.3. The van der Waals surface area contributed by atoms with Crippen LogP contribution in [-0.2, 0) is 13.0 Å². The van der Waals surface area contributed by atoms with Crippen molar-refractivity contribution in [3.05, 3.63) is 23.5 Å². The molecule has 1 aliphatic carbocycles. The maximum Gasteiger partial charge on any atom is 0.0807 e. The molecule has 0 amide bonds. The molecule has 2 rings (SSSR count). The highest BCUT2D eigenvalue weighted by Gasteiger charge is 2.20. The molecular formula is C15H25NO. The van der Waals surface area contributed by atoms with E-state index in [2.05, 4.69) is 37.7 Å². The van der Waals surface area contributed by atoms with E-state index >= 15 is 0 Å². The van der Waals surface area contributed by atoms with Gasteiger partial charge in [-0.15, -0.1) is 0 Å². The zero-order chi connectivity index (χ0) is 12.4. The molecule has 0 aliphatic heterocycles. The molecule has 1 aliphatic rings. The Morgan fingerprint density at radius 3 is 2.76 bits per heavy atom. The van der Waals surface area contributed by atoms with E-state index in [4.69, 9.17) is 0 Å². The van der Waals surface area contributed by atoms with Crippen LogP contribution in [0.15, 0.2) is 12.4 Å². The highest BCUT2D eigenvalue weighted by molar-refractivity contribution is 5.28. The van der Waals surface area contributed by atoms with Crippen molar-refractivity contribution in [1.29, 1.82) is 0 Å². The van der Waals surface area contributed by atoms with Crippen LogP contribution in [0.25, 0.3) is 0 Å². The third kappa shape index (κ3) is 3.12. The van der Waals surface area contributed by atoms with Gasteiger partial charge in [-0.1, -0.05) is 20.8 Å². The summed E-state index contributed by atoms with van der Waals surface area (Å²) in [6.45, 7) is 7.95. The monoisotopic (exact) mass is 235 g/mol. The number of aliphatic hydroxyl groups excluding tert-OH is 1. The zero-order valence-corrected chi connectivity index (χ0v) is 11.3. The lowest BCUT2D eigenvalue weighted by atomic mass is 9.93. The first-order valence-corrected chi connectivity index (χ1v) is 6.93. The molecule has 0 radical (unpaired) electrons. The summed E-state index contributed by atoms with van der Waals surface area (Å²) in [6, 6.07) is 0. The van der Waals surface area contributed by atoms with Crippen LogP contribution in [0.2, 0.25) is 0 Å². The Balaban J connectivity index is 2.02. The quantitative estimate of drug-likeness (QED) is 0.848. The van der Waals surface area contributed by atoms with E-state index in [0.717, 1.165) is 31.7 Å². The molecule has 0 saturated heterocycles. The number of aliphatic hydroxyl groups is 1. The van der Waals surface area contributed by atoms with E-state index in [1.54, 1.807) is 0 Å². The average molecular weight is 235 g/mol. The first kappa shape index (κ1) is 12.7. The summed E-state index contributed by atoms with van der Waals surface area (Å²) in [6.07, 6.45) is 8.65. The van der Waals surface area contributed by atoms with E-state index in [1.807, 2.05) is 0 Å². The number of rotatable bonds is 4. The van der Waals surface area contributed by atoms with Crippen molar-refractivity contribution in [3.63, 3.8) is 0 Å². The van der Waals surface area contributed by atoms with Crippen LogP contribution in [-0.4, -0.2) is 9.67 Å². The minimum absolute atomic E-state index is 0.222. The van der Waals surface area contributed by atoms with Gasteiger partial charge < -0.3 is 9.67 Å². The third-order valence-corrected chi connectivity index (χ3v) is 3.68. The summed E-state index contributed by atoms with van der Waals surface area (Å²) >= 11 is 0. The molecule has 0 spiro atoms. The minimum Gasteiger partial charge on any atom is -0.388 e. The lowest BCUT2D eigenvalue weighted by Gasteiger charge is -2.16. The Morgan fingerprint density at radius 1 is 1.35 bits per heavy atom. The van der Waals surface area contributed by atoms with Crippen molar-refractivity contribution in [2.45, 2.75) is 59.1 Å². The number of aryl methyl sites for hydroxylation is 1. The maximum absolute atomic E-state index is 9.94. The van der Waals surface area contributed by atoms with Gasteiger partial charge in [-0.25, -0.2) is 0 Å². The van der Waals surface area contributed by atoms with Gasteiger partial charge in [0.1, 0.15) is 0 Å². The topological polar surface area (TPSA) is 25.2 Å². The Bertz CT molecular complexity index is 367. The molecule has 2 nitrogen and oxygen atoms in total. The molecule has 17 heavy (non-hydrogen) atoms. The fourth-order valence-electron chi connectivity index (χ4n) is 3.07. The summed E-state index contributed by atoms with van der Waals surface area (Å²) in [5.74, 6) is 1.47. The van der Waals surface area contributed by atoms with Crippen LogP contribution in [0.5, 0.6) is 0 Å². The van der Waals surface area contributed by atoms with Gasteiger partial charge in [-0.05, 0) is 43.1 Å². The number of hydrogen-bond acceptors (Lipinski definition) is 1. The van der Waals surface area contributed by atoms with Crippen LogP contribution in [0.3, 0.4) is 0 Å². The van der Waals surface area contributed by atoms with Gasteiger partial charge >= 0.3 is 0 Å². The Morgan fingerprint density at radius 2 is 2.12 bits per heavy atom. The predicted molar refractivity (Wildman–Crippen MR) is 70.9 cm³/mol. The second-order valence-electron chi connectivity index (χ2n) is 6.08. The van der Waals surface area contributed by atoms with Crippen molar-refractivity contribution in [1.82, 2.24) is 4.57 Å². The fourth-order valence-corrected chi connectivity index (χ4v) is 3.07. The fraction of sp³-hybridized carbons (Fsp3) is 0.733. The largest absolute Gasteiger partial charge is 0.388 e. The van der Waals surface area contributed by atoms with Gasteiger partial charge in [0.05, 0.1) is 6.10 Å². The predicted octanol–water partition coefficient (Wildman–Crippen LogP) is 3.54. The van der Waals surface area contributed by atoms with Crippen LogP contribution < -0.4 is 0 Å². The van der Waals surface area contributed by atoms with Crippen molar-refractivity contribution < 1.29 is 5.11 Å². The van der Waals surface area contributed by atoms with Crippen LogP contribution >= 0.6 is 0 Å². The standard InChI is InChI=1S/C15H25NO/c1-11(2)7-12(3)8-16-9-13-5-4-6-15(17)14(13)10-16/h9-12,15,17H,4-8H2,1-3H3. The van der Waals surface area contributed by atoms with Crippen LogP contribution in [0.4, 0.5) is 0 Å². The molecule has 1 aromatic heterocycles. The average Bonchev–Trinajstić information content (AvgIpc) is 2.60. The van der Waals surface area contributed by atoms with E-state index in [9.17, 15) is 5.11 Å². The first-order valence-electron chi connectivity index (χ1n) is 6.93. The summed E-state index contributed by atoms with van der Waals surface area (Å²) in [5, 5.41) is 9.94. The molecule has 1 heterocycles. The first-order chi connectivity index (χ1) is 8.06. The van der Waals surface area contributed by atoms with Gasteiger partial charge in [-0.2, -0.15) is 0 Å². The number of nitrogens with zero attached hydrogens (tertiary/aromatic N) is 1. The number of fused-ring (bicyclic) bond motifs is 1. The lowest BCUT2D eigenvalue weighted by Crippen LogP contribution is -2.08. The Hall–Kier alpha value is -0.760. The molecule has 2 unspecified atom stereocenters. The van der Waals surface area contributed by atoms with E-state index in [-0.39, 0.29) is 6.10 Å². The second-order valence-corrected chi connectivity index (χ2v) is 6.08. The highest BCUT2D eigenvalue weighted by atomic mass is 16.3. The smallest absolute Gasteiger partial charge is 0.0807 e. The van der Waals surface area contributed by atoms with E-state index < -0.39 is 0 Å². The molecule has 96 valence electrons. The van der Waals surface area contributed by atoms with Crippen molar-refractivity contribution in [3.8, 4) is 0 Å². The van der Waals surface area contributed by atoms with Crippen LogP contribution in [0, 0.1) is 11.8 Å². The van der Waals surface area contributed by atoms with Gasteiger partial charge in [0.2, 0.25) is 0 Å². The second kappa shape index (κ2) is 5.26. The molecule has 1 N–H and O–H groups in total. The molecule has 0 aromatic carbocycles. The number of hydrogen-bond donors (Lipinski definition) is 1. The molecule has 2 heteroatoms. The molecular weight excluding hydrogens is 210 g/mol. The van der Waals surface area contributed by atoms with E-state index in [0.29, 0.717) is 5.92 Å². The summed E-state index contributed by atoms with van der Waals surface area (Å²) in [4.78, 5) is 0. The minimum atomic E-state index is -0.222. The normalized spacial score (nSPS) is 21.6. The highest BCUT2D eigenvalue weighted by Crippen LogP contribution is 2.30. The summed E-state index contributed by atoms with van der Waals surface area (Å²) < 4.78 is 2.28. The molecule has 0 saturated carbocycles. The molecule has 1 aromatic rings. The van der Waals surface area contributed by atoms with Crippen molar-refractivity contribution in [2.75, 3.05) is 0 Å². The van der Waals surface area contributed by atoms with Crippen LogP contribution in [0.1, 0.15) is 57.3 Å². The van der Waals surface area contributed by atoms with Gasteiger partial charge in [-0.3, -0.25) is 0 Å². The van der Waals surface area contributed by atoms with E-state index in [1.165, 1.54) is 17.5 Å². The van der Waals surface area contributed by atoms with Gasteiger partial charge in [0, 0.05) is 24.5 Å². The van der Waals surface area contributed by atoms with Gasteiger partial charge in [0.15, 0.2) is 0 Å². The SMILES string of the molecule is CC(C)CC(C)Cn1cc2c(c1)C(O)CCC2. The third-order valence-electron chi connectivity index (χ3n) is 3.68. The summed E-state index contributed by atoms with van der Waals surface area (Å²) in [7, 11) is 0. The molecule has 0 fully saturated rings. The lowest BCUT2D eigenvalue weighted by molar-refractivity contribution is 0.157. The maximum atomic E-state index is 9.94. The molecule has 2 atom stereocenters. The number of aromatic nitrogens is 1. The Labute approximate surface area is 105 Å². The van der Waals surface area contributed by atoms with Gasteiger partial charge in [0.25, 0.3) is 0 Å².